The van der Waals surface area contributed by atoms with Gasteiger partial charge in [-0.1, -0.05) is 12.2 Å². The van der Waals surface area contributed by atoms with E-state index < -0.39 is 4.92 Å². The van der Waals surface area contributed by atoms with Crippen molar-refractivity contribution in [2.45, 2.75) is 13.3 Å². The van der Waals surface area contributed by atoms with Crippen LogP contribution in [0, 0.1) is 10.1 Å². The largest absolute Gasteiger partial charge is 0.352 e. The fraction of sp³-hybridized carbons (Fsp3) is 0.250. The Morgan fingerprint density at radius 3 is 2.59 bits per heavy atom. The van der Waals surface area contributed by atoms with Gasteiger partial charge in [0.2, 0.25) is 0 Å². The third-order valence-corrected chi connectivity index (χ3v) is 2.17. The molecule has 1 aromatic rings. The molecule has 0 saturated heterocycles. The van der Waals surface area contributed by atoms with Crippen molar-refractivity contribution < 1.29 is 9.72 Å². The summed E-state index contributed by atoms with van der Waals surface area (Å²) in [5.41, 5.74) is 0.409. The molecular weight excluding hydrogens is 220 g/mol. The Morgan fingerprint density at radius 1 is 1.41 bits per heavy atom. The molecule has 0 spiro atoms. The van der Waals surface area contributed by atoms with Crippen LogP contribution in [-0.2, 0) is 0 Å². The first kappa shape index (κ1) is 12.9. The third-order valence-electron chi connectivity index (χ3n) is 2.17. The third kappa shape index (κ3) is 4.06. The molecule has 0 fully saturated rings. The summed E-state index contributed by atoms with van der Waals surface area (Å²) in [4.78, 5) is 21.5. The standard InChI is InChI=1S/C12H14N2O3/c1-2-3-4-9-13-12(15)10-5-7-11(8-6-10)14(16)17/h2-3,5-8H,4,9H2,1H3,(H,13,15)/b3-2+. The smallest absolute Gasteiger partial charge is 0.269 e. The summed E-state index contributed by atoms with van der Waals surface area (Å²) in [5, 5.41) is 13.1. The molecule has 5 heteroatoms. The Hall–Kier alpha value is -2.17. The SMILES string of the molecule is C/C=C/CCNC(=O)c1ccc([N+](=O)[O-])cc1. The highest BCUT2D eigenvalue weighted by atomic mass is 16.6. The number of benzene rings is 1. The van der Waals surface area contributed by atoms with Crippen molar-refractivity contribution in [2.24, 2.45) is 0 Å². The zero-order valence-corrected chi connectivity index (χ0v) is 9.55. The van der Waals surface area contributed by atoms with Crippen LogP contribution in [0.5, 0.6) is 0 Å². The lowest BCUT2D eigenvalue weighted by Gasteiger charge is -2.02. The fourth-order valence-electron chi connectivity index (χ4n) is 1.27. The summed E-state index contributed by atoms with van der Waals surface area (Å²) in [7, 11) is 0. The first-order valence-corrected chi connectivity index (χ1v) is 5.29. The molecule has 0 atom stereocenters. The second-order valence-electron chi connectivity index (χ2n) is 3.42. The summed E-state index contributed by atoms with van der Waals surface area (Å²) in [6.07, 6.45) is 4.64. The highest BCUT2D eigenvalue weighted by Crippen LogP contribution is 2.11. The van der Waals surface area contributed by atoms with Gasteiger partial charge in [0.25, 0.3) is 11.6 Å². The zero-order chi connectivity index (χ0) is 12.7. The molecular formula is C12H14N2O3. The van der Waals surface area contributed by atoms with Crippen molar-refractivity contribution in [1.82, 2.24) is 5.32 Å². The minimum Gasteiger partial charge on any atom is -0.352 e. The van der Waals surface area contributed by atoms with E-state index in [1.165, 1.54) is 24.3 Å². The van der Waals surface area contributed by atoms with E-state index in [0.717, 1.165) is 6.42 Å². The van der Waals surface area contributed by atoms with Gasteiger partial charge in [0, 0.05) is 24.2 Å². The van der Waals surface area contributed by atoms with E-state index in [4.69, 9.17) is 0 Å². The normalized spacial score (nSPS) is 10.4. The Morgan fingerprint density at radius 2 is 2.06 bits per heavy atom. The van der Waals surface area contributed by atoms with Gasteiger partial charge in [0.15, 0.2) is 0 Å². The Kier molecular flexibility index (Phi) is 4.87. The highest BCUT2D eigenvalue weighted by Gasteiger charge is 2.08. The van der Waals surface area contributed by atoms with Crippen LogP contribution in [0.25, 0.3) is 0 Å². The van der Waals surface area contributed by atoms with Gasteiger partial charge in [-0.05, 0) is 25.5 Å². The Bertz CT molecular complexity index is 424. The molecule has 0 aliphatic heterocycles. The monoisotopic (exact) mass is 234 g/mol. The molecule has 5 nitrogen and oxygen atoms in total. The Labute approximate surface area is 99.3 Å². The Balaban J connectivity index is 2.54. The van der Waals surface area contributed by atoms with Crippen LogP contribution in [0.1, 0.15) is 23.7 Å². The van der Waals surface area contributed by atoms with Gasteiger partial charge in [-0.25, -0.2) is 0 Å². The van der Waals surface area contributed by atoms with Crippen LogP contribution in [-0.4, -0.2) is 17.4 Å². The van der Waals surface area contributed by atoms with Gasteiger partial charge in [-0.3, -0.25) is 14.9 Å². The minimum atomic E-state index is -0.492. The summed E-state index contributed by atoms with van der Waals surface area (Å²) in [6.45, 7) is 2.47. The average molecular weight is 234 g/mol. The fourth-order valence-corrected chi connectivity index (χ4v) is 1.27. The molecule has 0 bridgehead atoms. The number of nitro benzene ring substituents is 1. The summed E-state index contributed by atoms with van der Waals surface area (Å²) in [6, 6.07) is 5.54. The lowest BCUT2D eigenvalue weighted by atomic mass is 10.2. The number of hydrogen-bond donors (Lipinski definition) is 1. The maximum atomic E-state index is 11.6. The molecule has 17 heavy (non-hydrogen) atoms. The molecule has 0 aliphatic rings. The quantitative estimate of drug-likeness (QED) is 0.367. The molecule has 1 amide bonds. The predicted molar refractivity (Wildman–Crippen MR) is 64.9 cm³/mol. The van der Waals surface area contributed by atoms with E-state index in [0.29, 0.717) is 12.1 Å². The van der Waals surface area contributed by atoms with Crippen molar-refractivity contribution in [3.63, 3.8) is 0 Å². The molecule has 90 valence electrons. The van der Waals surface area contributed by atoms with E-state index in [9.17, 15) is 14.9 Å². The number of nitrogens with zero attached hydrogens (tertiary/aromatic N) is 1. The second-order valence-corrected chi connectivity index (χ2v) is 3.42. The second kappa shape index (κ2) is 6.42. The minimum absolute atomic E-state index is 0.0181. The van der Waals surface area contributed by atoms with Gasteiger partial charge >= 0.3 is 0 Å². The number of carbonyl (C=O) groups is 1. The van der Waals surface area contributed by atoms with Crippen molar-refractivity contribution in [3.8, 4) is 0 Å². The lowest BCUT2D eigenvalue weighted by Crippen LogP contribution is -2.23. The van der Waals surface area contributed by atoms with E-state index in [1.54, 1.807) is 0 Å². The topological polar surface area (TPSA) is 72.2 Å². The number of non-ortho nitro benzene ring substituents is 1. The van der Waals surface area contributed by atoms with Gasteiger partial charge in [-0.2, -0.15) is 0 Å². The van der Waals surface area contributed by atoms with Crippen LogP contribution >= 0.6 is 0 Å². The molecule has 0 unspecified atom stereocenters. The summed E-state index contributed by atoms with van der Waals surface area (Å²) >= 11 is 0. The van der Waals surface area contributed by atoms with Crippen LogP contribution < -0.4 is 5.32 Å². The van der Waals surface area contributed by atoms with Crippen LogP contribution in [0.4, 0.5) is 5.69 Å². The first-order valence-electron chi connectivity index (χ1n) is 5.29. The number of hydrogen-bond acceptors (Lipinski definition) is 3. The predicted octanol–water partition coefficient (Wildman–Crippen LogP) is 2.29. The van der Waals surface area contributed by atoms with Crippen LogP contribution in [0.15, 0.2) is 36.4 Å². The van der Waals surface area contributed by atoms with Crippen molar-refractivity contribution in [1.29, 1.82) is 0 Å². The average Bonchev–Trinajstić information content (AvgIpc) is 2.34. The molecule has 0 saturated carbocycles. The van der Waals surface area contributed by atoms with Gasteiger partial charge in [0.1, 0.15) is 0 Å². The molecule has 1 aromatic carbocycles. The van der Waals surface area contributed by atoms with E-state index >= 15 is 0 Å². The highest BCUT2D eigenvalue weighted by molar-refractivity contribution is 5.94. The van der Waals surface area contributed by atoms with Gasteiger partial charge in [0.05, 0.1) is 4.92 Å². The molecule has 1 N–H and O–H groups in total. The number of nitrogens with one attached hydrogen (secondary N) is 1. The lowest BCUT2D eigenvalue weighted by molar-refractivity contribution is -0.384. The van der Waals surface area contributed by atoms with Crippen molar-refractivity contribution >= 4 is 11.6 Å². The zero-order valence-electron chi connectivity index (χ0n) is 9.55. The number of allylic oxidation sites excluding steroid dienone is 1. The van der Waals surface area contributed by atoms with Gasteiger partial charge < -0.3 is 5.32 Å². The molecule has 0 aliphatic carbocycles. The molecule has 0 heterocycles. The van der Waals surface area contributed by atoms with E-state index in [-0.39, 0.29) is 11.6 Å². The van der Waals surface area contributed by atoms with Crippen molar-refractivity contribution in [2.75, 3.05) is 6.54 Å². The number of carbonyl (C=O) groups excluding carboxylic acids is 1. The van der Waals surface area contributed by atoms with Crippen LogP contribution in [0.2, 0.25) is 0 Å². The maximum absolute atomic E-state index is 11.6. The maximum Gasteiger partial charge on any atom is 0.269 e. The summed E-state index contributed by atoms with van der Waals surface area (Å²) in [5.74, 6) is -0.218. The number of rotatable bonds is 5. The molecule has 0 radical (unpaired) electrons. The summed E-state index contributed by atoms with van der Waals surface area (Å²) < 4.78 is 0. The number of amides is 1. The van der Waals surface area contributed by atoms with Gasteiger partial charge in [-0.15, -0.1) is 0 Å². The molecule has 0 aromatic heterocycles. The number of nitro groups is 1. The van der Waals surface area contributed by atoms with Crippen molar-refractivity contribution in [3.05, 3.63) is 52.1 Å². The van der Waals surface area contributed by atoms with Crippen LogP contribution in [0.3, 0.4) is 0 Å². The first-order chi connectivity index (χ1) is 8.15. The van der Waals surface area contributed by atoms with E-state index in [1.807, 2.05) is 19.1 Å². The van der Waals surface area contributed by atoms with E-state index in [2.05, 4.69) is 5.32 Å². The molecule has 1 rings (SSSR count).